The molecule has 0 fully saturated rings. The van der Waals surface area contributed by atoms with E-state index in [1.54, 1.807) is 18.9 Å². The van der Waals surface area contributed by atoms with Gasteiger partial charge in [0.25, 0.3) is 0 Å². The fourth-order valence-corrected chi connectivity index (χ4v) is 1.57. The maximum Gasteiger partial charge on any atom is 0.219 e. The van der Waals surface area contributed by atoms with Crippen LogP contribution in [0, 0.1) is 6.92 Å². The standard InChI is InChI=1S/C12H14N2O2/c1-8-13-11-5-4-10(6-12(11)16-8)7-14(3)9(2)15/h4-6H,7H2,1-3H3. The minimum Gasteiger partial charge on any atom is -0.441 e. The summed E-state index contributed by atoms with van der Waals surface area (Å²) in [5, 5.41) is 0. The van der Waals surface area contributed by atoms with Crippen molar-refractivity contribution in [2.45, 2.75) is 20.4 Å². The number of aromatic nitrogens is 1. The molecule has 0 spiro atoms. The zero-order valence-corrected chi connectivity index (χ0v) is 9.65. The summed E-state index contributed by atoms with van der Waals surface area (Å²) in [5.41, 5.74) is 2.67. The molecule has 0 N–H and O–H groups in total. The summed E-state index contributed by atoms with van der Waals surface area (Å²) in [7, 11) is 1.78. The highest BCUT2D eigenvalue weighted by molar-refractivity contribution is 5.75. The van der Waals surface area contributed by atoms with Crippen LogP contribution in [0.25, 0.3) is 11.1 Å². The minimum absolute atomic E-state index is 0.0499. The van der Waals surface area contributed by atoms with Gasteiger partial charge in [0, 0.05) is 27.4 Å². The van der Waals surface area contributed by atoms with Crippen LogP contribution in [0.1, 0.15) is 18.4 Å². The molecule has 0 bridgehead atoms. The lowest BCUT2D eigenvalue weighted by Gasteiger charge is -2.14. The first-order chi connectivity index (χ1) is 7.56. The van der Waals surface area contributed by atoms with Gasteiger partial charge >= 0.3 is 0 Å². The summed E-state index contributed by atoms with van der Waals surface area (Å²) in [6.07, 6.45) is 0. The summed E-state index contributed by atoms with van der Waals surface area (Å²) in [4.78, 5) is 17.0. The molecule has 84 valence electrons. The number of hydrogen-bond acceptors (Lipinski definition) is 3. The van der Waals surface area contributed by atoms with E-state index in [4.69, 9.17) is 4.42 Å². The first-order valence-corrected chi connectivity index (χ1v) is 5.14. The third-order valence-electron chi connectivity index (χ3n) is 2.52. The second kappa shape index (κ2) is 3.96. The van der Waals surface area contributed by atoms with E-state index in [9.17, 15) is 4.79 Å². The minimum atomic E-state index is 0.0499. The van der Waals surface area contributed by atoms with Crippen molar-refractivity contribution >= 4 is 17.0 Å². The molecule has 0 radical (unpaired) electrons. The Morgan fingerprint density at radius 3 is 2.94 bits per heavy atom. The fraction of sp³-hybridized carbons (Fsp3) is 0.333. The molecule has 0 aliphatic rings. The Balaban J connectivity index is 2.28. The maximum absolute atomic E-state index is 11.1. The van der Waals surface area contributed by atoms with Gasteiger partial charge in [-0.25, -0.2) is 4.98 Å². The number of carbonyl (C=O) groups is 1. The van der Waals surface area contributed by atoms with Crippen LogP contribution in [-0.4, -0.2) is 22.8 Å². The molecule has 0 saturated carbocycles. The number of rotatable bonds is 2. The first kappa shape index (κ1) is 10.7. The quantitative estimate of drug-likeness (QED) is 0.775. The molecule has 0 atom stereocenters. The van der Waals surface area contributed by atoms with Crippen molar-refractivity contribution < 1.29 is 9.21 Å². The summed E-state index contributed by atoms with van der Waals surface area (Å²) in [5.74, 6) is 0.709. The fourth-order valence-electron chi connectivity index (χ4n) is 1.57. The Hall–Kier alpha value is -1.84. The van der Waals surface area contributed by atoms with Gasteiger partial charge in [-0.05, 0) is 17.7 Å². The van der Waals surface area contributed by atoms with E-state index < -0.39 is 0 Å². The number of oxazole rings is 1. The lowest BCUT2D eigenvalue weighted by Crippen LogP contribution is -2.22. The van der Waals surface area contributed by atoms with Crippen LogP contribution in [-0.2, 0) is 11.3 Å². The zero-order valence-electron chi connectivity index (χ0n) is 9.65. The van der Waals surface area contributed by atoms with Crippen LogP contribution in [0.5, 0.6) is 0 Å². The highest BCUT2D eigenvalue weighted by Crippen LogP contribution is 2.17. The molecule has 4 heteroatoms. The molecule has 0 aliphatic carbocycles. The number of nitrogens with zero attached hydrogens (tertiary/aromatic N) is 2. The van der Waals surface area contributed by atoms with Gasteiger partial charge in [0.2, 0.25) is 5.91 Å². The number of fused-ring (bicyclic) bond motifs is 1. The Morgan fingerprint density at radius 1 is 1.50 bits per heavy atom. The Kier molecular flexibility index (Phi) is 2.64. The van der Waals surface area contributed by atoms with Gasteiger partial charge in [-0.15, -0.1) is 0 Å². The summed E-state index contributed by atoms with van der Waals surface area (Å²) < 4.78 is 5.44. The molecule has 1 aromatic carbocycles. The third kappa shape index (κ3) is 2.05. The predicted octanol–water partition coefficient (Wildman–Crippen LogP) is 2.11. The predicted molar refractivity (Wildman–Crippen MR) is 60.9 cm³/mol. The first-order valence-electron chi connectivity index (χ1n) is 5.14. The molecular formula is C12H14N2O2. The van der Waals surface area contributed by atoms with E-state index in [1.807, 2.05) is 25.1 Å². The molecule has 1 amide bonds. The number of carbonyl (C=O) groups excluding carboxylic acids is 1. The van der Waals surface area contributed by atoms with Crippen molar-refractivity contribution in [2.75, 3.05) is 7.05 Å². The molecule has 0 saturated heterocycles. The number of benzene rings is 1. The van der Waals surface area contributed by atoms with Gasteiger partial charge in [-0.3, -0.25) is 4.79 Å². The van der Waals surface area contributed by atoms with Gasteiger partial charge < -0.3 is 9.32 Å². The molecule has 0 unspecified atom stereocenters. The van der Waals surface area contributed by atoms with Crippen molar-refractivity contribution in [3.63, 3.8) is 0 Å². The van der Waals surface area contributed by atoms with Crippen LogP contribution < -0.4 is 0 Å². The van der Waals surface area contributed by atoms with Crippen LogP contribution >= 0.6 is 0 Å². The summed E-state index contributed by atoms with van der Waals surface area (Å²) in [6, 6.07) is 5.80. The monoisotopic (exact) mass is 218 g/mol. The van der Waals surface area contributed by atoms with E-state index in [-0.39, 0.29) is 5.91 Å². The van der Waals surface area contributed by atoms with Crippen molar-refractivity contribution in [1.82, 2.24) is 9.88 Å². The average Bonchev–Trinajstić information content (AvgIpc) is 2.57. The highest BCUT2D eigenvalue weighted by atomic mass is 16.3. The highest BCUT2D eigenvalue weighted by Gasteiger charge is 2.06. The Morgan fingerprint density at radius 2 is 2.25 bits per heavy atom. The molecule has 4 nitrogen and oxygen atoms in total. The Labute approximate surface area is 93.9 Å². The zero-order chi connectivity index (χ0) is 11.7. The van der Waals surface area contributed by atoms with Crippen LogP contribution in [0.15, 0.2) is 22.6 Å². The van der Waals surface area contributed by atoms with E-state index in [0.29, 0.717) is 12.4 Å². The second-order valence-electron chi connectivity index (χ2n) is 3.91. The number of hydrogen-bond donors (Lipinski definition) is 0. The van der Waals surface area contributed by atoms with Gasteiger partial charge in [-0.1, -0.05) is 6.07 Å². The smallest absolute Gasteiger partial charge is 0.219 e. The number of aryl methyl sites for hydroxylation is 1. The topological polar surface area (TPSA) is 46.3 Å². The SMILES string of the molecule is CC(=O)N(C)Cc1ccc2nc(C)oc2c1. The molecule has 2 rings (SSSR count). The largest absolute Gasteiger partial charge is 0.441 e. The molecule has 1 heterocycles. The van der Waals surface area contributed by atoms with Crippen molar-refractivity contribution in [3.05, 3.63) is 29.7 Å². The van der Waals surface area contributed by atoms with Crippen LogP contribution in [0.4, 0.5) is 0 Å². The van der Waals surface area contributed by atoms with Gasteiger partial charge in [0.15, 0.2) is 11.5 Å². The average molecular weight is 218 g/mol. The maximum atomic E-state index is 11.1. The molecular weight excluding hydrogens is 204 g/mol. The summed E-state index contributed by atoms with van der Waals surface area (Å²) in [6.45, 7) is 3.96. The van der Waals surface area contributed by atoms with E-state index in [2.05, 4.69) is 4.98 Å². The van der Waals surface area contributed by atoms with E-state index >= 15 is 0 Å². The van der Waals surface area contributed by atoms with E-state index in [1.165, 1.54) is 0 Å². The van der Waals surface area contributed by atoms with Crippen molar-refractivity contribution in [1.29, 1.82) is 0 Å². The molecule has 0 aliphatic heterocycles. The van der Waals surface area contributed by atoms with E-state index in [0.717, 1.165) is 16.7 Å². The Bertz CT molecular complexity index is 531. The normalized spacial score (nSPS) is 10.7. The summed E-state index contributed by atoms with van der Waals surface area (Å²) >= 11 is 0. The van der Waals surface area contributed by atoms with Crippen molar-refractivity contribution in [2.24, 2.45) is 0 Å². The van der Waals surface area contributed by atoms with Gasteiger partial charge in [0.1, 0.15) is 5.52 Å². The number of amides is 1. The molecule has 16 heavy (non-hydrogen) atoms. The van der Waals surface area contributed by atoms with Crippen LogP contribution in [0.3, 0.4) is 0 Å². The van der Waals surface area contributed by atoms with Gasteiger partial charge in [0.05, 0.1) is 0 Å². The molecule has 2 aromatic rings. The third-order valence-corrected chi connectivity index (χ3v) is 2.52. The van der Waals surface area contributed by atoms with Crippen LogP contribution in [0.2, 0.25) is 0 Å². The second-order valence-corrected chi connectivity index (χ2v) is 3.91. The molecule has 1 aromatic heterocycles. The lowest BCUT2D eigenvalue weighted by molar-refractivity contribution is -0.128. The van der Waals surface area contributed by atoms with Gasteiger partial charge in [-0.2, -0.15) is 0 Å². The van der Waals surface area contributed by atoms with Crippen molar-refractivity contribution in [3.8, 4) is 0 Å². The lowest BCUT2D eigenvalue weighted by atomic mass is 10.2.